The number of rotatable bonds is 7. The van der Waals surface area contributed by atoms with Crippen LogP contribution in [0, 0.1) is 20.8 Å². The third-order valence-electron chi connectivity index (χ3n) is 3.80. The fourth-order valence-electron chi connectivity index (χ4n) is 2.79. The van der Waals surface area contributed by atoms with Gasteiger partial charge in [-0.05, 0) is 33.8 Å². The van der Waals surface area contributed by atoms with Gasteiger partial charge in [-0.25, -0.2) is 4.79 Å². The van der Waals surface area contributed by atoms with Crippen molar-refractivity contribution in [2.24, 2.45) is 0 Å². The number of nitrogens with zero attached hydrogens (tertiary/aromatic N) is 2. The van der Waals surface area contributed by atoms with E-state index in [0.717, 1.165) is 11.4 Å². The summed E-state index contributed by atoms with van der Waals surface area (Å²) in [6, 6.07) is 3.37. The van der Waals surface area contributed by atoms with Crippen LogP contribution in [0.3, 0.4) is 0 Å². The van der Waals surface area contributed by atoms with E-state index in [1.807, 2.05) is 25.3 Å². The van der Waals surface area contributed by atoms with Gasteiger partial charge in [0.1, 0.15) is 0 Å². The van der Waals surface area contributed by atoms with Crippen molar-refractivity contribution < 1.29 is 23.6 Å². The smallest absolute Gasteiger partial charge is 0.377 e. The average molecular weight is 334 g/mol. The Hall–Kier alpha value is -2.41. The molecule has 7 heteroatoms. The summed E-state index contributed by atoms with van der Waals surface area (Å²) in [6.07, 6.45) is 0. The molecule has 130 valence electrons. The minimum Gasteiger partial charge on any atom is -0.451 e. The van der Waals surface area contributed by atoms with Gasteiger partial charge in [0.2, 0.25) is 11.5 Å². The number of ketones is 1. The first-order valence-corrected chi connectivity index (χ1v) is 7.66. The van der Waals surface area contributed by atoms with Gasteiger partial charge in [-0.2, -0.15) is 0 Å². The highest BCUT2D eigenvalue weighted by Gasteiger charge is 2.21. The molecule has 2 aromatic heterocycles. The SMILES string of the molecule is COC[C@@H](C)n1c(C)cc(C(=O)COC(=O)c2cc(C)no2)c1C. The molecule has 0 saturated heterocycles. The molecule has 0 bridgehead atoms. The Morgan fingerprint density at radius 1 is 1.29 bits per heavy atom. The lowest BCUT2D eigenvalue weighted by atomic mass is 10.1. The lowest BCUT2D eigenvalue weighted by molar-refractivity contribution is 0.0435. The number of hydrogen-bond acceptors (Lipinski definition) is 6. The van der Waals surface area contributed by atoms with E-state index in [-0.39, 0.29) is 24.2 Å². The fourth-order valence-corrected chi connectivity index (χ4v) is 2.79. The number of methoxy groups -OCH3 is 1. The standard InChI is InChI=1S/C17H22N2O5/c1-10-6-16(24-18-10)17(21)23-9-15(20)14-7-11(2)19(13(14)4)12(3)8-22-5/h6-7,12H,8-9H2,1-5H3/t12-/m1/s1. The lowest BCUT2D eigenvalue weighted by Crippen LogP contribution is -2.17. The molecule has 2 aromatic rings. The van der Waals surface area contributed by atoms with Crippen LogP contribution in [0.15, 0.2) is 16.7 Å². The van der Waals surface area contributed by atoms with Crippen LogP contribution in [0.2, 0.25) is 0 Å². The third kappa shape index (κ3) is 3.73. The van der Waals surface area contributed by atoms with Gasteiger partial charge >= 0.3 is 5.97 Å². The minimum absolute atomic E-state index is 0.0144. The lowest BCUT2D eigenvalue weighted by Gasteiger charge is -2.17. The van der Waals surface area contributed by atoms with Crippen LogP contribution in [0.25, 0.3) is 0 Å². The van der Waals surface area contributed by atoms with Gasteiger partial charge in [0.25, 0.3) is 0 Å². The maximum atomic E-state index is 12.4. The van der Waals surface area contributed by atoms with Crippen molar-refractivity contribution >= 4 is 11.8 Å². The summed E-state index contributed by atoms with van der Waals surface area (Å²) in [4.78, 5) is 24.2. The number of aromatic nitrogens is 2. The molecule has 1 atom stereocenters. The second kappa shape index (κ2) is 7.44. The molecule has 24 heavy (non-hydrogen) atoms. The topological polar surface area (TPSA) is 83.6 Å². The molecule has 2 heterocycles. The molecule has 7 nitrogen and oxygen atoms in total. The summed E-state index contributed by atoms with van der Waals surface area (Å²) in [5.74, 6) is -0.978. The van der Waals surface area contributed by atoms with E-state index in [4.69, 9.17) is 14.0 Å². The molecule has 0 unspecified atom stereocenters. The Balaban J connectivity index is 2.07. The molecule has 0 amide bonds. The molecule has 0 aliphatic carbocycles. The van der Waals surface area contributed by atoms with Crippen molar-refractivity contribution in [1.29, 1.82) is 0 Å². The maximum absolute atomic E-state index is 12.4. The van der Waals surface area contributed by atoms with Crippen LogP contribution in [-0.2, 0) is 9.47 Å². The summed E-state index contributed by atoms with van der Waals surface area (Å²) >= 11 is 0. The molecule has 0 fully saturated rings. The first kappa shape index (κ1) is 17.9. The highest BCUT2D eigenvalue weighted by molar-refractivity contribution is 6.00. The number of ether oxygens (including phenoxy) is 2. The molecule has 0 aliphatic heterocycles. The van der Waals surface area contributed by atoms with Crippen molar-refractivity contribution in [2.45, 2.75) is 33.7 Å². The first-order valence-electron chi connectivity index (χ1n) is 7.66. The number of aryl methyl sites for hydroxylation is 2. The molecule has 0 aromatic carbocycles. The van der Waals surface area contributed by atoms with E-state index < -0.39 is 5.97 Å². The fraction of sp³-hybridized carbons (Fsp3) is 0.471. The second-order valence-corrected chi connectivity index (χ2v) is 5.79. The van der Waals surface area contributed by atoms with Crippen molar-refractivity contribution in [3.8, 4) is 0 Å². The van der Waals surface area contributed by atoms with Crippen LogP contribution in [0.1, 0.15) is 51.0 Å². The average Bonchev–Trinajstić information content (AvgIpc) is 3.08. The Morgan fingerprint density at radius 2 is 2.00 bits per heavy atom. The summed E-state index contributed by atoms with van der Waals surface area (Å²) < 4.78 is 17.0. The molecular weight excluding hydrogens is 312 g/mol. The Bertz CT molecular complexity index is 744. The van der Waals surface area contributed by atoms with E-state index in [2.05, 4.69) is 5.16 Å². The monoisotopic (exact) mass is 334 g/mol. The Morgan fingerprint density at radius 3 is 2.58 bits per heavy atom. The van der Waals surface area contributed by atoms with E-state index in [9.17, 15) is 9.59 Å². The van der Waals surface area contributed by atoms with Crippen molar-refractivity contribution in [3.63, 3.8) is 0 Å². The van der Waals surface area contributed by atoms with E-state index in [1.54, 1.807) is 20.1 Å². The predicted octanol–water partition coefficient (Wildman–Crippen LogP) is 2.65. The summed E-state index contributed by atoms with van der Waals surface area (Å²) in [6.45, 7) is 7.71. The quantitative estimate of drug-likeness (QED) is 0.572. The Kier molecular flexibility index (Phi) is 5.56. The van der Waals surface area contributed by atoms with Gasteiger partial charge in [-0.1, -0.05) is 5.16 Å². The number of esters is 1. The normalized spacial score (nSPS) is 12.2. The maximum Gasteiger partial charge on any atom is 0.377 e. The van der Waals surface area contributed by atoms with Crippen LogP contribution in [-0.4, -0.2) is 41.8 Å². The number of Topliss-reactive ketones (excluding diaryl/α,β-unsaturated/α-hetero) is 1. The largest absolute Gasteiger partial charge is 0.451 e. The van der Waals surface area contributed by atoms with Crippen molar-refractivity contribution in [1.82, 2.24) is 9.72 Å². The van der Waals surface area contributed by atoms with Gasteiger partial charge in [0.15, 0.2) is 6.61 Å². The Labute approximate surface area is 140 Å². The number of hydrogen-bond donors (Lipinski definition) is 0. The van der Waals surface area contributed by atoms with Gasteiger partial charge < -0.3 is 18.6 Å². The highest BCUT2D eigenvalue weighted by atomic mass is 16.6. The minimum atomic E-state index is -0.703. The molecular formula is C17H22N2O5. The van der Waals surface area contributed by atoms with Crippen molar-refractivity contribution in [3.05, 3.63) is 40.5 Å². The zero-order valence-electron chi connectivity index (χ0n) is 14.6. The molecule has 0 aliphatic rings. The number of carbonyl (C=O) groups excluding carboxylic acids is 2. The summed E-state index contributed by atoms with van der Waals surface area (Å²) in [7, 11) is 1.64. The molecule has 0 spiro atoms. The van der Waals surface area contributed by atoms with Crippen LogP contribution < -0.4 is 0 Å². The molecule has 2 rings (SSSR count). The van der Waals surface area contributed by atoms with Crippen LogP contribution >= 0.6 is 0 Å². The van der Waals surface area contributed by atoms with E-state index in [0.29, 0.717) is 17.9 Å². The predicted molar refractivity (Wildman–Crippen MR) is 86.3 cm³/mol. The third-order valence-corrected chi connectivity index (χ3v) is 3.80. The summed E-state index contributed by atoms with van der Waals surface area (Å²) in [5, 5.41) is 3.61. The van der Waals surface area contributed by atoms with Crippen LogP contribution in [0.5, 0.6) is 0 Å². The van der Waals surface area contributed by atoms with E-state index in [1.165, 1.54) is 6.07 Å². The van der Waals surface area contributed by atoms with Crippen LogP contribution in [0.4, 0.5) is 0 Å². The summed E-state index contributed by atoms with van der Waals surface area (Å²) in [5.41, 5.74) is 2.90. The second-order valence-electron chi connectivity index (χ2n) is 5.79. The van der Waals surface area contributed by atoms with Crippen molar-refractivity contribution in [2.75, 3.05) is 20.3 Å². The zero-order chi connectivity index (χ0) is 17.9. The van der Waals surface area contributed by atoms with Gasteiger partial charge in [0.05, 0.1) is 18.3 Å². The van der Waals surface area contributed by atoms with E-state index >= 15 is 0 Å². The number of carbonyl (C=O) groups is 2. The molecule has 0 saturated carbocycles. The van der Waals surface area contributed by atoms with Gasteiger partial charge in [0, 0.05) is 30.1 Å². The first-order chi connectivity index (χ1) is 11.3. The zero-order valence-corrected chi connectivity index (χ0v) is 14.6. The molecule has 0 N–H and O–H groups in total. The molecule has 0 radical (unpaired) electrons. The highest BCUT2D eigenvalue weighted by Crippen LogP contribution is 2.21. The van der Waals surface area contributed by atoms with Gasteiger partial charge in [-0.3, -0.25) is 4.79 Å². The van der Waals surface area contributed by atoms with Gasteiger partial charge in [-0.15, -0.1) is 0 Å².